The molecular weight excluding hydrogens is 461 g/mol. The van der Waals surface area contributed by atoms with Crippen molar-refractivity contribution < 1.29 is 4.74 Å². The van der Waals surface area contributed by atoms with Crippen molar-refractivity contribution in [3.05, 3.63) is 41.4 Å². The highest BCUT2D eigenvalue weighted by atomic mass is 127. The van der Waals surface area contributed by atoms with Gasteiger partial charge in [0.1, 0.15) is 0 Å². The van der Waals surface area contributed by atoms with Gasteiger partial charge in [-0.05, 0) is 35.9 Å². The summed E-state index contributed by atoms with van der Waals surface area (Å²) in [6.07, 6.45) is 4.05. The average molecular weight is 487 g/mol. The second-order valence-electron chi connectivity index (χ2n) is 5.99. The molecule has 2 aromatic rings. The number of hydrogen-bond acceptors (Lipinski definition) is 5. The molecule has 3 rings (SSSR count). The number of halogens is 1. The van der Waals surface area contributed by atoms with E-state index >= 15 is 0 Å². The van der Waals surface area contributed by atoms with E-state index in [1.54, 1.807) is 7.11 Å². The van der Waals surface area contributed by atoms with E-state index < -0.39 is 0 Å². The zero-order valence-corrected chi connectivity index (χ0v) is 18.3. The lowest BCUT2D eigenvalue weighted by molar-refractivity contribution is 0.397. The SMILES string of the molecule is CN=C(NCc1ccc(OC)nc1)NC1CCN(c2cccs2)CC1.I. The Morgan fingerprint density at radius 2 is 2.15 bits per heavy atom. The van der Waals surface area contributed by atoms with Crippen molar-refractivity contribution in [2.24, 2.45) is 4.99 Å². The van der Waals surface area contributed by atoms with Crippen molar-refractivity contribution in [2.45, 2.75) is 25.4 Å². The Labute approximate surface area is 176 Å². The van der Waals surface area contributed by atoms with E-state index in [1.807, 2.05) is 36.7 Å². The predicted octanol–water partition coefficient (Wildman–Crippen LogP) is 3.10. The molecule has 26 heavy (non-hydrogen) atoms. The molecule has 0 aromatic carbocycles. The van der Waals surface area contributed by atoms with E-state index in [4.69, 9.17) is 4.74 Å². The molecule has 0 aliphatic carbocycles. The van der Waals surface area contributed by atoms with Gasteiger partial charge in [-0.25, -0.2) is 4.98 Å². The third-order valence-corrected chi connectivity index (χ3v) is 5.27. The summed E-state index contributed by atoms with van der Waals surface area (Å²) in [5.41, 5.74) is 1.09. The number of guanidine groups is 1. The molecule has 8 heteroatoms. The smallest absolute Gasteiger partial charge is 0.212 e. The Hall–Kier alpha value is -1.55. The first kappa shape index (κ1) is 20.8. The number of nitrogens with one attached hydrogen (secondary N) is 2. The first-order valence-electron chi connectivity index (χ1n) is 8.53. The van der Waals surface area contributed by atoms with Crippen LogP contribution in [0.25, 0.3) is 0 Å². The van der Waals surface area contributed by atoms with Gasteiger partial charge in [0.05, 0.1) is 12.1 Å². The lowest BCUT2D eigenvalue weighted by Gasteiger charge is -2.33. The molecule has 0 unspecified atom stereocenters. The van der Waals surface area contributed by atoms with Gasteiger partial charge in [0.2, 0.25) is 5.88 Å². The molecule has 0 radical (unpaired) electrons. The number of nitrogens with zero attached hydrogens (tertiary/aromatic N) is 3. The van der Waals surface area contributed by atoms with Gasteiger partial charge in [0, 0.05) is 45.0 Å². The van der Waals surface area contributed by atoms with E-state index in [9.17, 15) is 0 Å². The molecule has 1 aliphatic heterocycles. The molecule has 1 fully saturated rings. The van der Waals surface area contributed by atoms with Crippen LogP contribution in [0.4, 0.5) is 5.00 Å². The summed E-state index contributed by atoms with van der Waals surface area (Å²) >= 11 is 1.81. The molecule has 2 N–H and O–H groups in total. The van der Waals surface area contributed by atoms with Crippen LogP contribution < -0.4 is 20.3 Å². The molecule has 0 bridgehead atoms. The number of anilines is 1. The van der Waals surface area contributed by atoms with Gasteiger partial charge in [-0.1, -0.05) is 6.07 Å². The number of methoxy groups -OCH3 is 1. The Kier molecular flexibility index (Phi) is 8.43. The number of aliphatic imine (C=N–C) groups is 1. The second kappa shape index (κ2) is 10.6. The van der Waals surface area contributed by atoms with E-state index in [-0.39, 0.29) is 24.0 Å². The van der Waals surface area contributed by atoms with Crippen LogP contribution in [0.3, 0.4) is 0 Å². The molecule has 2 aromatic heterocycles. The van der Waals surface area contributed by atoms with Crippen molar-refractivity contribution in [3.63, 3.8) is 0 Å². The molecule has 1 saturated heterocycles. The number of rotatable bonds is 5. The van der Waals surface area contributed by atoms with E-state index in [2.05, 4.69) is 43.0 Å². The predicted molar refractivity (Wildman–Crippen MR) is 119 cm³/mol. The van der Waals surface area contributed by atoms with Gasteiger partial charge in [-0.3, -0.25) is 4.99 Å². The van der Waals surface area contributed by atoms with Gasteiger partial charge >= 0.3 is 0 Å². The van der Waals surface area contributed by atoms with Crippen LogP contribution in [-0.4, -0.2) is 44.2 Å². The van der Waals surface area contributed by atoms with Crippen molar-refractivity contribution >= 4 is 46.3 Å². The molecule has 3 heterocycles. The lowest BCUT2D eigenvalue weighted by Crippen LogP contribution is -2.48. The lowest BCUT2D eigenvalue weighted by atomic mass is 10.1. The number of thiophene rings is 1. The minimum absolute atomic E-state index is 0. The van der Waals surface area contributed by atoms with Gasteiger partial charge in [0.25, 0.3) is 0 Å². The van der Waals surface area contributed by atoms with E-state index in [0.717, 1.165) is 37.5 Å². The minimum atomic E-state index is 0. The molecular formula is C18H26IN5OS. The van der Waals surface area contributed by atoms with Gasteiger partial charge in [0.15, 0.2) is 5.96 Å². The second-order valence-corrected chi connectivity index (χ2v) is 6.92. The fraction of sp³-hybridized carbons (Fsp3) is 0.444. The third kappa shape index (κ3) is 5.73. The van der Waals surface area contributed by atoms with Crippen LogP contribution in [0.15, 0.2) is 40.8 Å². The van der Waals surface area contributed by atoms with Gasteiger partial charge < -0.3 is 20.3 Å². The summed E-state index contributed by atoms with van der Waals surface area (Å²) in [5.74, 6) is 1.47. The van der Waals surface area contributed by atoms with E-state index in [0.29, 0.717) is 18.5 Å². The Morgan fingerprint density at radius 3 is 2.73 bits per heavy atom. The third-order valence-electron chi connectivity index (χ3n) is 4.34. The Balaban J connectivity index is 0.00000243. The highest BCUT2D eigenvalue weighted by Crippen LogP contribution is 2.24. The maximum absolute atomic E-state index is 5.08. The van der Waals surface area contributed by atoms with Crippen molar-refractivity contribution in [1.82, 2.24) is 15.6 Å². The monoisotopic (exact) mass is 487 g/mol. The maximum atomic E-state index is 5.08. The minimum Gasteiger partial charge on any atom is -0.481 e. The molecule has 6 nitrogen and oxygen atoms in total. The summed E-state index contributed by atoms with van der Waals surface area (Å²) in [4.78, 5) is 11.0. The molecule has 0 spiro atoms. The van der Waals surface area contributed by atoms with Crippen LogP contribution in [0.2, 0.25) is 0 Å². The fourth-order valence-corrected chi connectivity index (χ4v) is 3.69. The topological polar surface area (TPSA) is 61.8 Å². The van der Waals surface area contributed by atoms with Crippen LogP contribution in [0, 0.1) is 0 Å². The number of aromatic nitrogens is 1. The standard InChI is InChI=1S/C18H25N5OS.HI/c1-19-18(21-13-14-5-6-16(24-2)20-12-14)22-15-7-9-23(10-8-15)17-4-3-11-25-17;/h3-6,11-12,15H,7-10,13H2,1-2H3,(H2,19,21,22);1H. The number of ether oxygens (including phenoxy) is 1. The summed E-state index contributed by atoms with van der Waals surface area (Å²) in [7, 11) is 3.43. The quantitative estimate of drug-likeness (QED) is 0.386. The van der Waals surface area contributed by atoms with Crippen LogP contribution in [0.1, 0.15) is 18.4 Å². The fourth-order valence-electron chi connectivity index (χ4n) is 2.90. The molecule has 0 saturated carbocycles. The number of piperidine rings is 1. The first-order chi connectivity index (χ1) is 12.3. The summed E-state index contributed by atoms with van der Waals surface area (Å²) in [6.45, 7) is 2.85. The average Bonchev–Trinajstić information content (AvgIpc) is 3.21. The molecule has 142 valence electrons. The Morgan fingerprint density at radius 1 is 1.35 bits per heavy atom. The molecule has 0 amide bonds. The highest BCUT2D eigenvalue weighted by Gasteiger charge is 2.20. The van der Waals surface area contributed by atoms with Crippen molar-refractivity contribution in [1.29, 1.82) is 0 Å². The van der Waals surface area contributed by atoms with Gasteiger partial charge in [-0.2, -0.15) is 0 Å². The zero-order chi connectivity index (χ0) is 17.5. The largest absolute Gasteiger partial charge is 0.481 e. The zero-order valence-electron chi connectivity index (χ0n) is 15.1. The number of hydrogen-bond donors (Lipinski definition) is 2. The summed E-state index contributed by atoms with van der Waals surface area (Å²) in [5, 5.41) is 10.4. The molecule has 0 atom stereocenters. The normalized spacial score (nSPS) is 15.3. The molecule has 1 aliphatic rings. The summed E-state index contributed by atoms with van der Waals surface area (Å²) in [6, 6.07) is 8.64. The van der Waals surface area contributed by atoms with Gasteiger partial charge in [-0.15, -0.1) is 35.3 Å². The van der Waals surface area contributed by atoms with Crippen LogP contribution in [-0.2, 0) is 6.54 Å². The number of pyridine rings is 1. The van der Waals surface area contributed by atoms with Crippen LogP contribution in [0.5, 0.6) is 5.88 Å². The van der Waals surface area contributed by atoms with Crippen molar-refractivity contribution in [3.8, 4) is 5.88 Å². The first-order valence-corrected chi connectivity index (χ1v) is 9.41. The van der Waals surface area contributed by atoms with E-state index in [1.165, 1.54) is 5.00 Å². The maximum Gasteiger partial charge on any atom is 0.212 e. The summed E-state index contributed by atoms with van der Waals surface area (Å²) < 4.78 is 5.08. The Bertz CT molecular complexity index is 669. The highest BCUT2D eigenvalue weighted by molar-refractivity contribution is 14.0. The van der Waals surface area contributed by atoms with Crippen molar-refractivity contribution in [2.75, 3.05) is 32.1 Å². The van der Waals surface area contributed by atoms with Crippen LogP contribution >= 0.6 is 35.3 Å².